The van der Waals surface area contributed by atoms with Crippen LogP contribution in [0, 0.1) is 9.39 Å². The molecule has 3 rings (SSSR count). The van der Waals surface area contributed by atoms with Crippen LogP contribution in [0.25, 0.3) is 10.8 Å². The quantitative estimate of drug-likeness (QED) is 0.627. The molecule has 1 N–H and O–H groups in total. The molecule has 0 aliphatic rings. The third kappa shape index (κ3) is 2.94. The maximum Gasteiger partial charge on any atom is 0.124 e. The highest BCUT2D eigenvalue weighted by Gasteiger charge is 2.15. The molecule has 3 aromatic rings. The molecular formula is C18H15FIN. The smallest absolute Gasteiger partial charge is 0.124 e. The number of benzene rings is 3. The molecule has 21 heavy (non-hydrogen) atoms. The molecule has 3 heteroatoms. The third-order valence-corrected chi connectivity index (χ3v) is 4.60. The van der Waals surface area contributed by atoms with E-state index in [9.17, 15) is 4.39 Å². The zero-order chi connectivity index (χ0) is 14.8. The van der Waals surface area contributed by atoms with Crippen LogP contribution in [-0.4, -0.2) is 7.05 Å². The third-order valence-electron chi connectivity index (χ3n) is 3.67. The van der Waals surface area contributed by atoms with Crippen molar-refractivity contribution in [2.75, 3.05) is 7.05 Å². The van der Waals surface area contributed by atoms with E-state index < -0.39 is 0 Å². The number of fused-ring (bicyclic) bond motifs is 1. The van der Waals surface area contributed by atoms with Gasteiger partial charge in [0, 0.05) is 3.57 Å². The van der Waals surface area contributed by atoms with Gasteiger partial charge >= 0.3 is 0 Å². The molecule has 0 saturated heterocycles. The minimum Gasteiger partial charge on any atom is -0.309 e. The predicted octanol–water partition coefficient (Wildman–Crippen LogP) is 4.89. The average Bonchev–Trinajstić information content (AvgIpc) is 2.50. The first-order chi connectivity index (χ1) is 10.2. The molecule has 0 aromatic heterocycles. The van der Waals surface area contributed by atoms with Gasteiger partial charge in [-0.1, -0.05) is 42.5 Å². The molecule has 0 amide bonds. The Labute approximate surface area is 137 Å². The van der Waals surface area contributed by atoms with Gasteiger partial charge in [0.1, 0.15) is 5.82 Å². The van der Waals surface area contributed by atoms with Gasteiger partial charge in [-0.05, 0) is 69.7 Å². The minimum atomic E-state index is -0.198. The lowest BCUT2D eigenvalue weighted by Crippen LogP contribution is -2.18. The van der Waals surface area contributed by atoms with Gasteiger partial charge in [-0.2, -0.15) is 0 Å². The van der Waals surface area contributed by atoms with Gasteiger partial charge in [-0.15, -0.1) is 0 Å². The second-order valence-corrected chi connectivity index (χ2v) is 6.16. The molecular weight excluding hydrogens is 376 g/mol. The number of hydrogen-bond donors (Lipinski definition) is 1. The first-order valence-corrected chi connectivity index (χ1v) is 7.88. The molecule has 3 aromatic carbocycles. The fourth-order valence-corrected chi connectivity index (χ4v) is 3.41. The zero-order valence-corrected chi connectivity index (χ0v) is 13.8. The highest BCUT2D eigenvalue weighted by molar-refractivity contribution is 14.1. The summed E-state index contributed by atoms with van der Waals surface area (Å²) in [6.07, 6.45) is 0. The van der Waals surface area contributed by atoms with Gasteiger partial charge in [0.2, 0.25) is 0 Å². The minimum absolute atomic E-state index is 0.0575. The van der Waals surface area contributed by atoms with Crippen molar-refractivity contribution in [3.63, 3.8) is 0 Å². The Balaban J connectivity index is 2.09. The van der Waals surface area contributed by atoms with E-state index >= 15 is 0 Å². The fraction of sp³-hybridized carbons (Fsp3) is 0.111. The summed E-state index contributed by atoms with van der Waals surface area (Å²) >= 11 is 2.19. The standard InChI is InChI=1S/C18H15FIN/c1-21-18(16-9-8-15(19)11-17(16)20)14-7-6-12-4-2-3-5-13(12)10-14/h2-11,18,21H,1H3. The number of nitrogens with one attached hydrogen (secondary N) is 1. The molecule has 0 heterocycles. The van der Waals surface area contributed by atoms with Crippen LogP contribution in [0.15, 0.2) is 60.7 Å². The number of hydrogen-bond acceptors (Lipinski definition) is 1. The van der Waals surface area contributed by atoms with Crippen molar-refractivity contribution in [1.29, 1.82) is 0 Å². The van der Waals surface area contributed by atoms with Crippen LogP contribution in [-0.2, 0) is 0 Å². The maximum atomic E-state index is 13.3. The predicted molar refractivity (Wildman–Crippen MR) is 94.0 cm³/mol. The summed E-state index contributed by atoms with van der Waals surface area (Å²) < 4.78 is 14.2. The van der Waals surface area contributed by atoms with Gasteiger partial charge in [0.15, 0.2) is 0 Å². The first-order valence-electron chi connectivity index (χ1n) is 6.80. The Morgan fingerprint density at radius 2 is 1.71 bits per heavy atom. The van der Waals surface area contributed by atoms with Crippen molar-refractivity contribution >= 4 is 33.4 Å². The van der Waals surface area contributed by atoms with E-state index in [0.29, 0.717) is 0 Å². The van der Waals surface area contributed by atoms with E-state index in [1.807, 2.05) is 25.2 Å². The van der Waals surface area contributed by atoms with Crippen molar-refractivity contribution < 1.29 is 4.39 Å². The normalized spacial score (nSPS) is 12.5. The van der Waals surface area contributed by atoms with E-state index in [1.165, 1.54) is 22.4 Å². The molecule has 0 radical (unpaired) electrons. The molecule has 1 nitrogen and oxygen atoms in total. The van der Waals surface area contributed by atoms with E-state index in [-0.39, 0.29) is 11.9 Å². The molecule has 0 aliphatic heterocycles. The highest BCUT2D eigenvalue weighted by atomic mass is 127. The lowest BCUT2D eigenvalue weighted by molar-refractivity contribution is 0.621. The molecule has 106 valence electrons. The number of halogens is 2. The monoisotopic (exact) mass is 391 g/mol. The van der Waals surface area contributed by atoms with Crippen LogP contribution in [0.1, 0.15) is 17.2 Å². The van der Waals surface area contributed by atoms with E-state index in [0.717, 1.165) is 9.13 Å². The summed E-state index contributed by atoms with van der Waals surface area (Å²) in [5, 5.41) is 5.77. The zero-order valence-electron chi connectivity index (χ0n) is 11.6. The Hall–Kier alpha value is -1.46. The van der Waals surface area contributed by atoms with Crippen LogP contribution in [0.2, 0.25) is 0 Å². The molecule has 0 aliphatic carbocycles. The van der Waals surface area contributed by atoms with Crippen molar-refractivity contribution in [3.8, 4) is 0 Å². The van der Waals surface area contributed by atoms with Gasteiger partial charge in [0.05, 0.1) is 6.04 Å². The van der Waals surface area contributed by atoms with Crippen LogP contribution >= 0.6 is 22.6 Å². The van der Waals surface area contributed by atoms with Crippen LogP contribution in [0.5, 0.6) is 0 Å². The van der Waals surface area contributed by atoms with Gasteiger partial charge in [-0.3, -0.25) is 0 Å². The summed E-state index contributed by atoms with van der Waals surface area (Å²) in [7, 11) is 1.93. The summed E-state index contributed by atoms with van der Waals surface area (Å²) in [5.41, 5.74) is 2.27. The number of rotatable bonds is 3. The van der Waals surface area contributed by atoms with Crippen molar-refractivity contribution in [1.82, 2.24) is 5.32 Å². The van der Waals surface area contributed by atoms with Gasteiger partial charge in [0.25, 0.3) is 0 Å². The first kappa shape index (κ1) is 14.5. The van der Waals surface area contributed by atoms with Crippen LogP contribution in [0.3, 0.4) is 0 Å². The Kier molecular flexibility index (Phi) is 4.22. The summed E-state index contributed by atoms with van der Waals surface area (Å²) in [4.78, 5) is 0. The maximum absolute atomic E-state index is 13.3. The van der Waals surface area contributed by atoms with Crippen LogP contribution in [0.4, 0.5) is 4.39 Å². The van der Waals surface area contributed by atoms with Crippen LogP contribution < -0.4 is 5.32 Å². The van der Waals surface area contributed by atoms with Gasteiger partial charge in [-0.25, -0.2) is 4.39 Å². The molecule has 0 bridgehead atoms. The van der Waals surface area contributed by atoms with Crippen molar-refractivity contribution in [2.45, 2.75) is 6.04 Å². The topological polar surface area (TPSA) is 12.0 Å². The Morgan fingerprint density at radius 3 is 2.43 bits per heavy atom. The Bertz CT molecular complexity index is 785. The summed E-state index contributed by atoms with van der Waals surface area (Å²) in [6, 6.07) is 19.8. The fourth-order valence-electron chi connectivity index (χ4n) is 2.62. The van der Waals surface area contributed by atoms with Crippen molar-refractivity contribution in [2.24, 2.45) is 0 Å². The molecule has 1 atom stereocenters. The lowest BCUT2D eigenvalue weighted by atomic mass is 9.96. The van der Waals surface area contributed by atoms with E-state index in [4.69, 9.17) is 0 Å². The molecule has 0 saturated carbocycles. The van der Waals surface area contributed by atoms with E-state index in [2.05, 4.69) is 58.2 Å². The van der Waals surface area contributed by atoms with Gasteiger partial charge < -0.3 is 5.32 Å². The highest BCUT2D eigenvalue weighted by Crippen LogP contribution is 2.28. The lowest BCUT2D eigenvalue weighted by Gasteiger charge is -2.19. The second kappa shape index (κ2) is 6.12. The molecule has 0 fully saturated rings. The molecule has 1 unspecified atom stereocenters. The Morgan fingerprint density at radius 1 is 0.952 bits per heavy atom. The second-order valence-electron chi connectivity index (χ2n) is 4.99. The summed E-state index contributed by atoms with van der Waals surface area (Å²) in [5.74, 6) is -0.198. The van der Waals surface area contributed by atoms with Crippen molar-refractivity contribution in [3.05, 3.63) is 81.2 Å². The molecule has 0 spiro atoms. The largest absolute Gasteiger partial charge is 0.309 e. The van der Waals surface area contributed by atoms with E-state index in [1.54, 1.807) is 6.07 Å². The SMILES string of the molecule is CNC(c1ccc2ccccc2c1)c1ccc(F)cc1I. The average molecular weight is 391 g/mol. The summed E-state index contributed by atoms with van der Waals surface area (Å²) in [6.45, 7) is 0.